The maximum atomic E-state index is 14.3. The van der Waals surface area contributed by atoms with Gasteiger partial charge in [0.05, 0.1) is 5.31 Å². The summed E-state index contributed by atoms with van der Waals surface area (Å²) in [5.41, 5.74) is 0.233. The Morgan fingerprint density at radius 1 is 1.14 bits per heavy atom. The molecule has 22 heavy (non-hydrogen) atoms. The molecule has 0 saturated heterocycles. The molecule has 0 bridgehead atoms. The van der Waals surface area contributed by atoms with Gasteiger partial charge in [0.2, 0.25) is 0 Å². The molecule has 1 aliphatic carbocycles. The molecule has 1 saturated carbocycles. The van der Waals surface area contributed by atoms with E-state index in [2.05, 4.69) is 0 Å². The van der Waals surface area contributed by atoms with Gasteiger partial charge < -0.3 is 7.63 Å². The second-order valence-corrected chi connectivity index (χ2v) is 9.17. The maximum Gasteiger partial charge on any atom is 0.192 e. The van der Waals surface area contributed by atoms with Gasteiger partial charge in [-0.15, -0.1) is 0 Å². The minimum atomic E-state index is -2.68. The third-order valence-corrected chi connectivity index (χ3v) is 8.74. The predicted octanol–water partition coefficient (Wildman–Crippen LogP) is 6.18. The van der Waals surface area contributed by atoms with Gasteiger partial charge in [0.15, 0.2) is 23.0 Å². The molecule has 0 radical (unpaired) electrons. The second kappa shape index (κ2) is 8.35. The Labute approximate surface area is 148 Å². The first-order chi connectivity index (χ1) is 10.7. The Morgan fingerprint density at radius 3 is 2.27 bits per heavy atom. The summed E-state index contributed by atoms with van der Waals surface area (Å²) in [5, 5.41) is 1.84. The summed E-state index contributed by atoms with van der Waals surface area (Å²) in [6.45, 7) is 3.90. The lowest BCUT2D eigenvalue weighted by atomic mass is 10.0. The van der Waals surface area contributed by atoms with Crippen LogP contribution < -0.4 is 5.30 Å². The Balaban J connectivity index is 2.57. The number of hydrogen-bond acceptors (Lipinski definition) is 2. The quantitative estimate of drug-likeness (QED) is 0.241. The normalized spacial score (nSPS) is 20.5. The van der Waals surface area contributed by atoms with Gasteiger partial charge in [0, 0.05) is 11.0 Å². The molecule has 1 aliphatic rings. The average molecular weight is 430 g/mol. The van der Waals surface area contributed by atoms with E-state index in [1.54, 1.807) is 0 Å². The first-order valence-corrected chi connectivity index (χ1v) is 10.6. The number of benzene rings is 1. The monoisotopic (exact) mass is 430 g/mol. The zero-order valence-corrected chi connectivity index (χ0v) is 16.3. The highest BCUT2D eigenvalue weighted by Crippen LogP contribution is 2.63. The summed E-state index contributed by atoms with van der Waals surface area (Å²) in [6.07, 6.45) is 9.60. The number of rotatable bonds is 5. The molecule has 0 aromatic heterocycles. The first kappa shape index (κ1) is 17.8. The smallest absolute Gasteiger partial charge is 0.192 e. The van der Waals surface area contributed by atoms with E-state index in [1.165, 1.54) is 19.3 Å². The Bertz CT molecular complexity index is 586. The first-order valence-electron chi connectivity index (χ1n) is 7.96. The lowest BCUT2D eigenvalue weighted by molar-refractivity contribution is 0.486. The molecular formula is C18H24IO2P. The van der Waals surface area contributed by atoms with E-state index in [4.69, 9.17) is 3.07 Å². The molecule has 1 aromatic carbocycles. The van der Waals surface area contributed by atoms with Crippen LogP contribution in [0.3, 0.4) is 0 Å². The summed E-state index contributed by atoms with van der Waals surface area (Å²) in [7, 11) is -2.68. The zero-order chi connectivity index (χ0) is 16.0. The van der Waals surface area contributed by atoms with Crippen molar-refractivity contribution in [1.82, 2.24) is 0 Å². The molecule has 1 fully saturated rings. The van der Waals surface area contributed by atoms with Crippen molar-refractivity contribution in [1.29, 1.82) is 0 Å². The summed E-state index contributed by atoms with van der Waals surface area (Å²) in [4.78, 5) is 0. The molecule has 2 rings (SSSR count). The molecule has 1 aromatic rings. The van der Waals surface area contributed by atoms with Gasteiger partial charge in [-0.3, -0.25) is 0 Å². The van der Waals surface area contributed by atoms with Crippen molar-refractivity contribution in [3.8, 4) is 0 Å². The fraction of sp³-hybridized carbons (Fsp3) is 0.444. The summed E-state index contributed by atoms with van der Waals surface area (Å²) in [5.74, 6) is 0.737. The van der Waals surface area contributed by atoms with E-state index < -0.39 is 7.14 Å². The van der Waals surface area contributed by atoms with Crippen LogP contribution in [0.2, 0.25) is 0 Å². The highest BCUT2D eigenvalue weighted by atomic mass is 127. The number of halogens is 1. The van der Waals surface area contributed by atoms with Crippen LogP contribution in [-0.4, -0.2) is 5.66 Å². The Hall–Kier alpha value is -0.540. The second-order valence-electron chi connectivity index (χ2n) is 5.69. The third-order valence-electron chi connectivity index (χ3n) is 4.46. The molecule has 1 unspecified atom stereocenters. The fourth-order valence-corrected chi connectivity index (χ4v) is 7.72. The van der Waals surface area contributed by atoms with E-state index in [1.807, 2.05) is 79.3 Å². The zero-order valence-electron chi connectivity index (χ0n) is 13.3. The molecule has 0 heterocycles. The van der Waals surface area contributed by atoms with E-state index in [-0.39, 0.29) is 5.66 Å². The van der Waals surface area contributed by atoms with Gasteiger partial charge in [0.1, 0.15) is 12.9 Å². The van der Waals surface area contributed by atoms with Crippen LogP contribution in [0.25, 0.3) is 0 Å². The molecule has 0 amide bonds. The predicted molar refractivity (Wildman–Crippen MR) is 103 cm³/mol. The molecule has 2 nitrogen and oxygen atoms in total. The third kappa shape index (κ3) is 3.51. The Kier molecular flexibility index (Phi) is 6.76. The van der Waals surface area contributed by atoms with Crippen molar-refractivity contribution in [3.05, 3.63) is 53.6 Å². The summed E-state index contributed by atoms with van der Waals surface area (Å²) in [6, 6.07) is 9.98. The average Bonchev–Trinajstić information content (AvgIpc) is 2.60. The molecule has 0 aliphatic heterocycles. The summed E-state index contributed by atoms with van der Waals surface area (Å²) >= 11 is 1.89. The van der Waals surface area contributed by atoms with Crippen LogP contribution in [0.4, 0.5) is 0 Å². The van der Waals surface area contributed by atoms with Gasteiger partial charge in [-0.2, -0.15) is 0 Å². The Morgan fingerprint density at radius 2 is 1.77 bits per heavy atom. The van der Waals surface area contributed by atoms with Gasteiger partial charge >= 0.3 is 0 Å². The highest BCUT2D eigenvalue weighted by Gasteiger charge is 2.40. The van der Waals surface area contributed by atoms with Gasteiger partial charge in [-0.1, -0.05) is 55.7 Å². The van der Waals surface area contributed by atoms with Crippen molar-refractivity contribution in [3.63, 3.8) is 0 Å². The molecule has 4 heteroatoms. The van der Waals surface area contributed by atoms with Crippen molar-refractivity contribution in [2.75, 3.05) is 0 Å². The van der Waals surface area contributed by atoms with Gasteiger partial charge in [-0.05, 0) is 32.8 Å². The van der Waals surface area contributed by atoms with Crippen LogP contribution in [0.1, 0.15) is 46.0 Å². The summed E-state index contributed by atoms with van der Waals surface area (Å²) < 4.78 is 19.8. The van der Waals surface area contributed by atoms with E-state index in [0.29, 0.717) is 0 Å². The van der Waals surface area contributed by atoms with Crippen molar-refractivity contribution < 1.29 is 7.63 Å². The lowest BCUT2D eigenvalue weighted by Gasteiger charge is -2.33. The van der Waals surface area contributed by atoms with Crippen LogP contribution >= 0.6 is 30.1 Å². The van der Waals surface area contributed by atoms with Crippen LogP contribution in [0.15, 0.2) is 53.6 Å². The minimum Gasteiger partial charge on any atom is -0.427 e. The van der Waals surface area contributed by atoms with Crippen LogP contribution in [0.5, 0.6) is 0 Å². The standard InChI is InChI=1S/C18H24IO2P/c1-3-17(21-19)18(4-2)22(20,15-11-7-5-8-12-15)16-13-9-6-10-14-16/h3-5,7-8,11-12,16H,6,9-10,13-14H2,1-2H3/b17-3+,18-4+. The SMILES string of the molecule is C/C=C(OI)\C(=C/C)P(=O)(c1ccccc1)C1CCCCC1. The molecular weight excluding hydrogens is 406 g/mol. The van der Waals surface area contributed by atoms with E-state index in [9.17, 15) is 4.57 Å². The van der Waals surface area contributed by atoms with Crippen molar-refractivity contribution in [2.24, 2.45) is 0 Å². The van der Waals surface area contributed by atoms with Crippen LogP contribution in [-0.2, 0) is 7.63 Å². The van der Waals surface area contributed by atoms with Crippen LogP contribution in [0, 0.1) is 0 Å². The van der Waals surface area contributed by atoms with Crippen molar-refractivity contribution in [2.45, 2.75) is 51.6 Å². The minimum absolute atomic E-state index is 0.233. The van der Waals surface area contributed by atoms with Gasteiger partial charge in [0.25, 0.3) is 0 Å². The molecule has 1 atom stereocenters. The van der Waals surface area contributed by atoms with Crippen molar-refractivity contribution >= 4 is 35.5 Å². The lowest BCUT2D eigenvalue weighted by Crippen LogP contribution is -2.22. The molecule has 0 N–H and O–H groups in total. The highest BCUT2D eigenvalue weighted by molar-refractivity contribution is 14.1. The number of allylic oxidation sites excluding steroid dienone is 3. The maximum absolute atomic E-state index is 14.3. The molecule has 0 spiro atoms. The largest absolute Gasteiger partial charge is 0.427 e. The fourth-order valence-electron chi connectivity index (χ4n) is 3.37. The number of hydrogen-bond donors (Lipinski definition) is 0. The van der Waals surface area contributed by atoms with E-state index in [0.717, 1.165) is 29.2 Å². The van der Waals surface area contributed by atoms with Gasteiger partial charge in [-0.25, -0.2) is 0 Å². The molecule has 120 valence electrons. The topological polar surface area (TPSA) is 26.3 Å². The van der Waals surface area contributed by atoms with E-state index >= 15 is 0 Å².